The maximum atomic E-state index is 10.6. The zero-order valence-corrected chi connectivity index (χ0v) is 8.67. The van der Waals surface area contributed by atoms with Gasteiger partial charge in [0, 0.05) is 12.7 Å². The molecular formula is C7H11N3O3S. The normalized spacial score (nSPS) is 15.1. The van der Waals surface area contributed by atoms with Gasteiger partial charge in [0.25, 0.3) is 5.22 Å². The first-order valence-electron chi connectivity index (χ1n) is 3.87. The van der Waals surface area contributed by atoms with Crippen LogP contribution in [0.4, 0.5) is 0 Å². The van der Waals surface area contributed by atoms with Gasteiger partial charge in [-0.1, -0.05) is 11.8 Å². The van der Waals surface area contributed by atoms with Crippen molar-refractivity contribution in [3.8, 4) is 0 Å². The maximum Gasteiger partial charge on any atom is 0.324 e. The number of nitrogens with two attached hydrogens (primary N) is 1. The molecule has 1 aromatic heterocycles. The molecule has 3 N–H and O–H groups in total. The molecule has 1 atom stereocenters. The van der Waals surface area contributed by atoms with Gasteiger partial charge in [0.05, 0.1) is 0 Å². The SMILES string of the molecule is Cc1nnc(SCC(C)(N)C(=O)O)o1. The first-order chi connectivity index (χ1) is 6.42. The molecule has 0 aliphatic rings. The van der Waals surface area contributed by atoms with Gasteiger partial charge < -0.3 is 15.3 Å². The fourth-order valence-corrected chi connectivity index (χ4v) is 1.44. The minimum atomic E-state index is -1.28. The van der Waals surface area contributed by atoms with Crippen LogP contribution in [0.25, 0.3) is 0 Å². The Morgan fingerprint density at radius 1 is 1.71 bits per heavy atom. The monoisotopic (exact) mass is 217 g/mol. The number of rotatable bonds is 4. The molecule has 0 fully saturated rings. The minimum absolute atomic E-state index is 0.184. The molecule has 0 aromatic carbocycles. The largest absolute Gasteiger partial charge is 0.480 e. The van der Waals surface area contributed by atoms with Crippen molar-refractivity contribution in [2.24, 2.45) is 5.73 Å². The predicted octanol–water partition coefficient (Wildman–Crippen LogP) is 0.272. The molecule has 6 nitrogen and oxygen atoms in total. The van der Waals surface area contributed by atoms with Gasteiger partial charge in [-0.2, -0.15) is 0 Å². The Morgan fingerprint density at radius 3 is 2.79 bits per heavy atom. The van der Waals surface area contributed by atoms with E-state index in [4.69, 9.17) is 15.3 Å². The van der Waals surface area contributed by atoms with Gasteiger partial charge >= 0.3 is 5.97 Å². The van der Waals surface area contributed by atoms with Gasteiger partial charge in [-0.25, -0.2) is 0 Å². The van der Waals surface area contributed by atoms with E-state index in [1.165, 1.54) is 6.92 Å². The number of carboxylic acids is 1. The molecule has 1 unspecified atom stereocenters. The van der Waals surface area contributed by atoms with Crippen molar-refractivity contribution in [3.63, 3.8) is 0 Å². The molecule has 78 valence electrons. The van der Waals surface area contributed by atoms with Crippen molar-refractivity contribution in [2.75, 3.05) is 5.75 Å². The number of carboxylic acid groups (broad SMARTS) is 1. The molecule has 0 bridgehead atoms. The van der Waals surface area contributed by atoms with E-state index in [2.05, 4.69) is 10.2 Å². The van der Waals surface area contributed by atoms with Gasteiger partial charge in [-0.05, 0) is 6.92 Å². The topological polar surface area (TPSA) is 102 Å². The number of nitrogens with zero attached hydrogens (tertiary/aromatic N) is 2. The van der Waals surface area contributed by atoms with E-state index in [1.54, 1.807) is 6.92 Å². The molecular weight excluding hydrogens is 206 g/mol. The molecule has 7 heteroatoms. The summed E-state index contributed by atoms with van der Waals surface area (Å²) < 4.78 is 5.05. The smallest absolute Gasteiger partial charge is 0.324 e. The summed E-state index contributed by atoms with van der Waals surface area (Å²) in [7, 11) is 0. The minimum Gasteiger partial charge on any atom is -0.480 e. The highest BCUT2D eigenvalue weighted by atomic mass is 32.2. The number of thioether (sulfide) groups is 1. The van der Waals surface area contributed by atoms with Crippen LogP contribution in [-0.2, 0) is 4.79 Å². The Morgan fingerprint density at radius 2 is 2.36 bits per heavy atom. The third-order valence-corrected chi connectivity index (χ3v) is 2.65. The number of aryl methyl sites for hydroxylation is 1. The predicted molar refractivity (Wildman–Crippen MR) is 50.0 cm³/mol. The second-order valence-electron chi connectivity index (χ2n) is 3.10. The number of aliphatic carboxylic acids is 1. The molecule has 0 saturated heterocycles. The molecule has 0 aliphatic heterocycles. The Labute approximate surface area is 84.9 Å². The van der Waals surface area contributed by atoms with E-state index >= 15 is 0 Å². The van der Waals surface area contributed by atoms with Crippen LogP contribution < -0.4 is 5.73 Å². The highest BCUT2D eigenvalue weighted by molar-refractivity contribution is 7.99. The highest BCUT2D eigenvalue weighted by Gasteiger charge is 2.28. The van der Waals surface area contributed by atoms with Crippen molar-refractivity contribution in [2.45, 2.75) is 24.6 Å². The lowest BCUT2D eigenvalue weighted by atomic mass is 10.1. The van der Waals surface area contributed by atoms with Gasteiger partial charge in [0.2, 0.25) is 5.89 Å². The van der Waals surface area contributed by atoms with Crippen molar-refractivity contribution >= 4 is 17.7 Å². The Kier molecular flexibility index (Phi) is 3.12. The summed E-state index contributed by atoms with van der Waals surface area (Å²) in [6.45, 7) is 3.10. The number of hydrogen-bond donors (Lipinski definition) is 2. The van der Waals surface area contributed by atoms with Gasteiger partial charge in [-0.3, -0.25) is 4.79 Å². The van der Waals surface area contributed by atoms with Crippen LogP contribution in [0, 0.1) is 6.92 Å². The van der Waals surface area contributed by atoms with Crippen LogP contribution in [0.15, 0.2) is 9.64 Å². The Bertz CT molecular complexity index is 337. The van der Waals surface area contributed by atoms with Crippen molar-refractivity contribution < 1.29 is 14.3 Å². The summed E-state index contributed by atoms with van der Waals surface area (Å²) in [4.78, 5) is 10.6. The lowest BCUT2D eigenvalue weighted by molar-refractivity contribution is -0.141. The third-order valence-electron chi connectivity index (χ3n) is 1.49. The highest BCUT2D eigenvalue weighted by Crippen LogP contribution is 2.19. The van der Waals surface area contributed by atoms with Crippen LogP contribution in [0.2, 0.25) is 0 Å². The lowest BCUT2D eigenvalue weighted by Gasteiger charge is -2.16. The van der Waals surface area contributed by atoms with Gasteiger partial charge in [0.1, 0.15) is 5.54 Å². The molecule has 1 aromatic rings. The van der Waals surface area contributed by atoms with Crippen LogP contribution in [0.5, 0.6) is 0 Å². The maximum absolute atomic E-state index is 10.6. The summed E-state index contributed by atoms with van der Waals surface area (Å²) in [5.41, 5.74) is 4.22. The zero-order chi connectivity index (χ0) is 10.8. The number of hydrogen-bond acceptors (Lipinski definition) is 6. The summed E-state index contributed by atoms with van der Waals surface area (Å²) in [6, 6.07) is 0. The first kappa shape index (κ1) is 11.0. The molecule has 1 heterocycles. The lowest BCUT2D eigenvalue weighted by Crippen LogP contribution is -2.47. The van der Waals surface area contributed by atoms with Crippen molar-refractivity contribution in [1.82, 2.24) is 10.2 Å². The molecule has 1 rings (SSSR count). The van der Waals surface area contributed by atoms with Gasteiger partial charge in [-0.15, -0.1) is 10.2 Å². The molecule has 0 radical (unpaired) electrons. The van der Waals surface area contributed by atoms with E-state index in [0.29, 0.717) is 11.1 Å². The fraction of sp³-hybridized carbons (Fsp3) is 0.571. The third kappa shape index (κ3) is 2.71. The van der Waals surface area contributed by atoms with E-state index in [9.17, 15) is 4.79 Å². The first-order valence-corrected chi connectivity index (χ1v) is 4.85. The Hall–Kier alpha value is -1.08. The van der Waals surface area contributed by atoms with Crippen LogP contribution in [0.1, 0.15) is 12.8 Å². The van der Waals surface area contributed by atoms with E-state index in [1.807, 2.05) is 0 Å². The summed E-state index contributed by atoms with van der Waals surface area (Å²) in [5.74, 6) is -0.424. The second-order valence-corrected chi connectivity index (χ2v) is 4.02. The molecule has 0 amide bonds. The van der Waals surface area contributed by atoms with E-state index in [-0.39, 0.29) is 5.75 Å². The summed E-state index contributed by atoms with van der Waals surface area (Å²) in [5, 5.41) is 16.4. The van der Waals surface area contributed by atoms with Crippen molar-refractivity contribution in [1.29, 1.82) is 0 Å². The standard InChI is InChI=1S/C7H11N3O3S/c1-4-9-10-6(13-4)14-3-7(2,8)5(11)12/h3,8H2,1-2H3,(H,11,12). The number of aromatic nitrogens is 2. The average molecular weight is 217 g/mol. The van der Waals surface area contributed by atoms with Crippen LogP contribution >= 0.6 is 11.8 Å². The van der Waals surface area contributed by atoms with Crippen LogP contribution in [-0.4, -0.2) is 32.6 Å². The second kappa shape index (κ2) is 3.97. The molecule has 0 saturated carbocycles. The summed E-state index contributed by atoms with van der Waals surface area (Å²) in [6.07, 6.45) is 0. The van der Waals surface area contributed by atoms with Gasteiger partial charge in [0.15, 0.2) is 0 Å². The fourth-order valence-electron chi connectivity index (χ4n) is 0.610. The van der Waals surface area contributed by atoms with Crippen molar-refractivity contribution in [3.05, 3.63) is 5.89 Å². The zero-order valence-electron chi connectivity index (χ0n) is 7.85. The molecule has 0 spiro atoms. The molecule has 0 aliphatic carbocycles. The number of carbonyl (C=O) groups is 1. The van der Waals surface area contributed by atoms with E-state index < -0.39 is 11.5 Å². The average Bonchev–Trinajstić information content (AvgIpc) is 2.48. The quantitative estimate of drug-likeness (QED) is 0.698. The molecule has 14 heavy (non-hydrogen) atoms. The Balaban J connectivity index is 2.52. The summed E-state index contributed by atoms with van der Waals surface area (Å²) >= 11 is 1.13. The van der Waals surface area contributed by atoms with Crippen LogP contribution in [0.3, 0.4) is 0 Å². The van der Waals surface area contributed by atoms with E-state index in [0.717, 1.165) is 11.8 Å².